The summed E-state index contributed by atoms with van der Waals surface area (Å²) in [4.78, 5) is 35.3. The van der Waals surface area contributed by atoms with E-state index in [1.807, 2.05) is 20.0 Å². The fraction of sp³-hybridized carbons (Fsp3) is 0.478. The molecule has 34 heavy (non-hydrogen) atoms. The number of nitrogens with one attached hydrogen (secondary N) is 1. The van der Waals surface area contributed by atoms with Crippen LogP contribution in [0, 0.1) is 6.92 Å². The number of carbonyl (C=O) groups is 2. The van der Waals surface area contributed by atoms with E-state index in [1.165, 1.54) is 9.21 Å². The van der Waals surface area contributed by atoms with E-state index in [-0.39, 0.29) is 30.7 Å². The number of hydrogen-bond acceptors (Lipinski definition) is 6. The standard InChI is InChI=1S/C23H30N6O4S/c1-16-15-18(21(30)27(2)3)6-5-17(16)7-14-34(32,33)29-11-8-23(9-12-29)22(31)25-19(26-23)20-24-10-13-28(20)4/h5-6,10,13,15H,7-9,11-12,14H2,1-4H3,(H,25,26,31). The molecular weight excluding hydrogens is 456 g/mol. The molecule has 2 aromatic rings. The molecule has 0 bridgehead atoms. The van der Waals surface area contributed by atoms with Gasteiger partial charge in [0.1, 0.15) is 5.54 Å². The van der Waals surface area contributed by atoms with Crippen molar-refractivity contribution in [1.29, 1.82) is 0 Å². The van der Waals surface area contributed by atoms with Crippen molar-refractivity contribution in [2.45, 2.75) is 31.7 Å². The third-order valence-electron chi connectivity index (χ3n) is 6.58. The number of piperidine rings is 1. The summed E-state index contributed by atoms with van der Waals surface area (Å²) in [5.41, 5.74) is 1.42. The van der Waals surface area contributed by atoms with Gasteiger partial charge in [0.2, 0.25) is 10.0 Å². The second-order valence-corrected chi connectivity index (χ2v) is 11.2. The molecule has 4 rings (SSSR count). The Morgan fingerprint density at radius 3 is 2.53 bits per heavy atom. The zero-order valence-electron chi connectivity index (χ0n) is 19.9. The van der Waals surface area contributed by atoms with Crippen molar-refractivity contribution in [2.24, 2.45) is 12.0 Å². The Hall–Kier alpha value is -3.05. The molecule has 182 valence electrons. The molecule has 1 spiro atoms. The Kier molecular flexibility index (Phi) is 6.34. The smallest absolute Gasteiger partial charge is 0.253 e. The van der Waals surface area contributed by atoms with Crippen molar-refractivity contribution in [1.82, 2.24) is 24.1 Å². The molecule has 1 fully saturated rings. The first-order valence-corrected chi connectivity index (χ1v) is 12.8. The molecule has 0 radical (unpaired) electrons. The van der Waals surface area contributed by atoms with E-state index in [2.05, 4.69) is 15.3 Å². The summed E-state index contributed by atoms with van der Waals surface area (Å²) in [6, 6.07) is 5.35. The van der Waals surface area contributed by atoms with Crippen LogP contribution in [0.3, 0.4) is 0 Å². The summed E-state index contributed by atoms with van der Waals surface area (Å²) >= 11 is 0. The Morgan fingerprint density at radius 2 is 1.94 bits per heavy atom. The maximum Gasteiger partial charge on any atom is 0.253 e. The molecule has 1 aromatic heterocycles. The van der Waals surface area contributed by atoms with Gasteiger partial charge in [0.05, 0.1) is 5.75 Å². The number of aryl methyl sites for hydroxylation is 3. The summed E-state index contributed by atoms with van der Waals surface area (Å²) in [6.45, 7) is 2.36. The molecule has 0 saturated carbocycles. The van der Waals surface area contributed by atoms with Crippen molar-refractivity contribution >= 4 is 27.7 Å². The first kappa shape index (κ1) is 24.1. The maximum absolute atomic E-state index is 13.0. The van der Waals surface area contributed by atoms with Crippen LogP contribution in [0.5, 0.6) is 0 Å². The number of imidazole rings is 1. The number of sulfonamides is 1. The molecule has 0 aliphatic carbocycles. The summed E-state index contributed by atoms with van der Waals surface area (Å²) < 4.78 is 29.3. The van der Waals surface area contributed by atoms with Gasteiger partial charge in [-0.25, -0.2) is 22.7 Å². The van der Waals surface area contributed by atoms with Gasteiger partial charge in [-0.1, -0.05) is 6.07 Å². The number of aromatic nitrogens is 2. The van der Waals surface area contributed by atoms with E-state index < -0.39 is 15.6 Å². The van der Waals surface area contributed by atoms with Crippen LogP contribution in [0.25, 0.3) is 0 Å². The lowest BCUT2D eigenvalue weighted by Gasteiger charge is -2.34. The fourth-order valence-electron chi connectivity index (χ4n) is 4.43. The normalized spacial score (nSPS) is 18.1. The summed E-state index contributed by atoms with van der Waals surface area (Å²) in [5, 5.41) is 2.82. The maximum atomic E-state index is 13.0. The van der Waals surface area contributed by atoms with Gasteiger partial charge in [-0.3, -0.25) is 9.59 Å². The molecule has 2 aliphatic heterocycles. The van der Waals surface area contributed by atoms with Crippen LogP contribution in [0.2, 0.25) is 0 Å². The molecule has 1 N–H and O–H groups in total. The minimum Gasteiger partial charge on any atom is -0.345 e. The van der Waals surface area contributed by atoms with Gasteiger partial charge in [0, 0.05) is 52.2 Å². The topological polar surface area (TPSA) is 117 Å². The highest BCUT2D eigenvalue weighted by molar-refractivity contribution is 7.89. The van der Waals surface area contributed by atoms with E-state index in [0.717, 1.165) is 11.1 Å². The lowest BCUT2D eigenvalue weighted by molar-refractivity contribution is -0.124. The monoisotopic (exact) mass is 486 g/mol. The Labute approximate surface area is 199 Å². The highest BCUT2D eigenvalue weighted by Gasteiger charge is 2.48. The van der Waals surface area contributed by atoms with Crippen molar-refractivity contribution in [3.63, 3.8) is 0 Å². The van der Waals surface area contributed by atoms with Crippen molar-refractivity contribution in [3.05, 3.63) is 53.1 Å². The minimum absolute atomic E-state index is 0.0319. The number of nitrogens with zero attached hydrogens (tertiary/aromatic N) is 5. The SMILES string of the molecule is Cc1cc(C(=O)N(C)C)ccc1CCS(=O)(=O)N1CCC2(CC1)N=C(c1nccn1C)NC2=O. The average Bonchev–Trinajstić information content (AvgIpc) is 3.35. The van der Waals surface area contributed by atoms with E-state index >= 15 is 0 Å². The third kappa shape index (κ3) is 4.49. The molecule has 1 saturated heterocycles. The van der Waals surface area contributed by atoms with E-state index in [4.69, 9.17) is 0 Å². The highest BCUT2D eigenvalue weighted by atomic mass is 32.2. The average molecular weight is 487 g/mol. The van der Waals surface area contributed by atoms with Gasteiger partial charge in [-0.2, -0.15) is 0 Å². The number of carbonyl (C=O) groups excluding carboxylic acids is 2. The second kappa shape index (κ2) is 8.95. The predicted molar refractivity (Wildman–Crippen MR) is 128 cm³/mol. The molecule has 1 aromatic carbocycles. The molecule has 2 aliphatic rings. The Balaban J connectivity index is 1.40. The van der Waals surface area contributed by atoms with Crippen LogP contribution >= 0.6 is 0 Å². The van der Waals surface area contributed by atoms with Crippen molar-refractivity contribution in [2.75, 3.05) is 32.9 Å². The summed E-state index contributed by atoms with van der Waals surface area (Å²) in [7, 11) is 1.71. The quantitative estimate of drug-likeness (QED) is 0.646. The number of aliphatic imine (C=N–C) groups is 1. The van der Waals surface area contributed by atoms with Gasteiger partial charge in [0.15, 0.2) is 11.7 Å². The lowest BCUT2D eigenvalue weighted by atomic mass is 9.89. The number of amidine groups is 1. The first-order chi connectivity index (χ1) is 16.0. The van der Waals surface area contributed by atoms with Crippen LogP contribution < -0.4 is 5.32 Å². The fourth-order valence-corrected chi connectivity index (χ4v) is 5.90. The summed E-state index contributed by atoms with van der Waals surface area (Å²) in [5.74, 6) is 0.685. The van der Waals surface area contributed by atoms with Gasteiger partial charge >= 0.3 is 0 Å². The van der Waals surface area contributed by atoms with Crippen LogP contribution in [0.1, 0.15) is 40.2 Å². The predicted octanol–water partition coefficient (Wildman–Crippen LogP) is 0.714. The Bertz CT molecular complexity index is 1260. The van der Waals surface area contributed by atoms with Gasteiger partial charge in [-0.05, 0) is 49.4 Å². The third-order valence-corrected chi connectivity index (χ3v) is 8.45. The number of amides is 2. The van der Waals surface area contributed by atoms with Gasteiger partial charge in [0.25, 0.3) is 11.8 Å². The second-order valence-electron chi connectivity index (χ2n) is 9.11. The minimum atomic E-state index is -3.50. The zero-order chi connectivity index (χ0) is 24.7. The van der Waals surface area contributed by atoms with Crippen LogP contribution in [0.4, 0.5) is 0 Å². The van der Waals surface area contributed by atoms with E-state index in [9.17, 15) is 18.0 Å². The van der Waals surface area contributed by atoms with Crippen LogP contribution in [-0.4, -0.2) is 83.3 Å². The number of hydrogen-bond donors (Lipinski definition) is 1. The van der Waals surface area contributed by atoms with Crippen molar-refractivity contribution < 1.29 is 18.0 Å². The molecule has 3 heterocycles. The number of rotatable bonds is 6. The molecule has 0 atom stereocenters. The molecule has 0 unspecified atom stereocenters. The highest BCUT2D eigenvalue weighted by Crippen LogP contribution is 2.32. The zero-order valence-corrected chi connectivity index (χ0v) is 20.7. The molecule has 2 amide bonds. The molecule has 10 nitrogen and oxygen atoms in total. The van der Waals surface area contributed by atoms with Crippen molar-refractivity contribution in [3.8, 4) is 0 Å². The summed E-state index contributed by atoms with van der Waals surface area (Å²) in [6.07, 6.45) is 4.42. The van der Waals surface area contributed by atoms with Crippen LogP contribution in [-0.2, 0) is 28.3 Å². The molecule has 11 heteroatoms. The van der Waals surface area contributed by atoms with E-state index in [1.54, 1.807) is 43.2 Å². The van der Waals surface area contributed by atoms with E-state index in [0.29, 0.717) is 36.5 Å². The lowest BCUT2D eigenvalue weighted by Crippen LogP contribution is -2.50. The van der Waals surface area contributed by atoms with Gasteiger partial charge < -0.3 is 14.8 Å². The molecular formula is C23H30N6O4S. The van der Waals surface area contributed by atoms with Crippen LogP contribution in [0.15, 0.2) is 35.6 Å². The van der Waals surface area contributed by atoms with Gasteiger partial charge in [-0.15, -0.1) is 0 Å². The largest absolute Gasteiger partial charge is 0.345 e. The number of benzene rings is 1. The Morgan fingerprint density at radius 1 is 1.24 bits per heavy atom. The first-order valence-electron chi connectivity index (χ1n) is 11.2.